The molecule has 2 aromatic heterocycles. The average Bonchev–Trinajstić information content (AvgIpc) is 2.98. The summed E-state index contributed by atoms with van der Waals surface area (Å²) < 4.78 is 4.83. The first-order chi connectivity index (χ1) is 8.72. The van der Waals surface area contributed by atoms with Crippen LogP contribution in [-0.2, 0) is 0 Å². The van der Waals surface area contributed by atoms with E-state index in [1.165, 1.54) is 0 Å². The summed E-state index contributed by atoms with van der Waals surface area (Å²) in [6.07, 6.45) is 1.62. The summed E-state index contributed by atoms with van der Waals surface area (Å²) >= 11 is 0. The van der Waals surface area contributed by atoms with Crippen molar-refractivity contribution in [1.29, 1.82) is 0 Å². The van der Waals surface area contributed by atoms with Gasteiger partial charge in [-0.25, -0.2) is 4.79 Å². The number of nitrogens with zero attached hydrogens (tertiary/aromatic N) is 1. The van der Waals surface area contributed by atoms with E-state index >= 15 is 0 Å². The van der Waals surface area contributed by atoms with Crippen molar-refractivity contribution in [3.8, 4) is 22.5 Å². The number of nitrogens with one attached hydrogen (secondary N) is 2. The van der Waals surface area contributed by atoms with Gasteiger partial charge in [0.15, 0.2) is 0 Å². The van der Waals surface area contributed by atoms with Gasteiger partial charge in [-0.05, 0) is 6.07 Å². The van der Waals surface area contributed by atoms with E-state index in [-0.39, 0.29) is 11.6 Å². The molecule has 0 spiro atoms. The number of imidazole rings is 1. The number of rotatable bonds is 2. The summed E-state index contributed by atoms with van der Waals surface area (Å²) in [5.41, 5.74) is 8.38. The number of nitrogens with two attached hydrogens (primary N) is 1. The van der Waals surface area contributed by atoms with Gasteiger partial charge in [-0.15, -0.1) is 0 Å². The third-order valence-corrected chi connectivity index (χ3v) is 2.59. The molecule has 3 aromatic rings. The zero-order valence-corrected chi connectivity index (χ0v) is 9.31. The number of aromatic amines is 2. The smallest absolute Gasteiger partial charge is 0.323 e. The second kappa shape index (κ2) is 3.92. The molecule has 0 atom stereocenters. The SMILES string of the molecule is Nc1cc(-c2cccc(-c3c[nH]c(=O)[nH]3)c2)no1. The Morgan fingerprint density at radius 3 is 2.72 bits per heavy atom. The molecule has 0 radical (unpaired) electrons. The molecule has 0 amide bonds. The molecular formula is C12H10N4O2. The molecule has 4 N–H and O–H groups in total. The summed E-state index contributed by atoms with van der Waals surface area (Å²) in [6.45, 7) is 0. The monoisotopic (exact) mass is 242 g/mol. The van der Waals surface area contributed by atoms with Gasteiger partial charge >= 0.3 is 5.69 Å². The highest BCUT2D eigenvalue weighted by atomic mass is 16.5. The maximum atomic E-state index is 11.1. The lowest BCUT2D eigenvalue weighted by Gasteiger charge is -2.00. The van der Waals surface area contributed by atoms with Crippen molar-refractivity contribution < 1.29 is 4.52 Å². The van der Waals surface area contributed by atoms with Gasteiger partial charge in [-0.1, -0.05) is 23.4 Å². The highest BCUT2D eigenvalue weighted by molar-refractivity contribution is 5.69. The molecule has 0 bridgehead atoms. The van der Waals surface area contributed by atoms with Crippen LogP contribution in [0.3, 0.4) is 0 Å². The molecule has 0 aliphatic carbocycles. The van der Waals surface area contributed by atoms with Gasteiger partial charge in [0.1, 0.15) is 5.69 Å². The van der Waals surface area contributed by atoms with Crippen LogP contribution in [0.1, 0.15) is 0 Å². The zero-order valence-electron chi connectivity index (χ0n) is 9.31. The molecule has 0 aliphatic heterocycles. The maximum Gasteiger partial charge on any atom is 0.323 e. The van der Waals surface area contributed by atoms with Crippen LogP contribution < -0.4 is 11.4 Å². The average molecular weight is 242 g/mol. The fourth-order valence-electron chi connectivity index (χ4n) is 1.76. The maximum absolute atomic E-state index is 11.1. The van der Waals surface area contributed by atoms with Crippen LogP contribution in [-0.4, -0.2) is 15.1 Å². The Bertz CT molecular complexity index is 738. The van der Waals surface area contributed by atoms with E-state index in [0.29, 0.717) is 5.69 Å². The molecule has 0 aliphatic rings. The molecule has 0 unspecified atom stereocenters. The number of anilines is 1. The van der Waals surface area contributed by atoms with E-state index in [4.69, 9.17) is 10.3 Å². The second-order valence-corrected chi connectivity index (χ2v) is 3.85. The first kappa shape index (κ1) is 10.4. The van der Waals surface area contributed by atoms with Gasteiger partial charge in [0.25, 0.3) is 0 Å². The van der Waals surface area contributed by atoms with Crippen LogP contribution in [0, 0.1) is 0 Å². The molecule has 1 aromatic carbocycles. The molecular weight excluding hydrogens is 232 g/mol. The molecule has 3 rings (SSSR count). The Kier molecular flexibility index (Phi) is 2.26. The summed E-state index contributed by atoms with van der Waals surface area (Å²) in [6, 6.07) is 9.22. The van der Waals surface area contributed by atoms with Crippen LogP contribution >= 0.6 is 0 Å². The molecule has 90 valence electrons. The third-order valence-electron chi connectivity index (χ3n) is 2.59. The summed E-state index contributed by atoms with van der Waals surface area (Å²) in [5.74, 6) is 0.269. The predicted octanol–water partition coefficient (Wildman–Crippen LogP) is 1.61. The van der Waals surface area contributed by atoms with Crippen molar-refractivity contribution in [2.24, 2.45) is 0 Å². The Morgan fingerprint density at radius 1 is 1.22 bits per heavy atom. The van der Waals surface area contributed by atoms with E-state index in [1.54, 1.807) is 12.3 Å². The number of H-pyrrole nitrogens is 2. The van der Waals surface area contributed by atoms with Crippen LogP contribution in [0.5, 0.6) is 0 Å². The zero-order chi connectivity index (χ0) is 12.5. The fourth-order valence-corrected chi connectivity index (χ4v) is 1.76. The summed E-state index contributed by atoms with van der Waals surface area (Å²) in [4.78, 5) is 16.3. The predicted molar refractivity (Wildman–Crippen MR) is 66.8 cm³/mol. The van der Waals surface area contributed by atoms with Gasteiger partial charge in [0, 0.05) is 23.4 Å². The Balaban J connectivity index is 2.06. The lowest BCUT2D eigenvalue weighted by atomic mass is 10.1. The van der Waals surface area contributed by atoms with Gasteiger partial charge < -0.3 is 20.2 Å². The van der Waals surface area contributed by atoms with Crippen LogP contribution in [0.4, 0.5) is 5.88 Å². The number of aromatic nitrogens is 3. The van der Waals surface area contributed by atoms with Gasteiger partial charge in [0.2, 0.25) is 5.88 Å². The molecule has 0 saturated carbocycles. The Morgan fingerprint density at radius 2 is 2.06 bits per heavy atom. The van der Waals surface area contributed by atoms with E-state index in [0.717, 1.165) is 16.8 Å². The molecule has 0 fully saturated rings. The molecule has 6 nitrogen and oxygen atoms in total. The van der Waals surface area contributed by atoms with E-state index in [1.807, 2.05) is 24.3 Å². The fraction of sp³-hybridized carbons (Fsp3) is 0. The van der Waals surface area contributed by atoms with Crippen molar-refractivity contribution in [3.63, 3.8) is 0 Å². The van der Waals surface area contributed by atoms with Crippen LogP contribution in [0.2, 0.25) is 0 Å². The van der Waals surface area contributed by atoms with Crippen LogP contribution in [0.25, 0.3) is 22.5 Å². The highest BCUT2D eigenvalue weighted by Crippen LogP contribution is 2.24. The molecule has 18 heavy (non-hydrogen) atoms. The first-order valence-corrected chi connectivity index (χ1v) is 5.33. The van der Waals surface area contributed by atoms with Gasteiger partial charge in [0.05, 0.1) is 5.69 Å². The van der Waals surface area contributed by atoms with Crippen molar-refractivity contribution >= 4 is 5.88 Å². The number of benzene rings is 1. The highest BCUT2D eigenvalue weighted by Gasteiger charge is 2.06. The second-order valence-electron chi connectivity index (χ2n) is 3.85. The Labute approximate surface area is 101 Å². The van der Waals surface area contributed by atoms with Gasteiger partial charge in [-0.2, -0.15) is 0 Å². The first-order valence-electron chi connectivity index (χ1n) is 5.33. The minimum Gasteiger partial charge on any atom is -0.368 e. The largest absolute Gasteiger partial charge is 0.368 e. The lowest BCUT2D eigenvalue weighted by Crippen LogP contribution is -1.99. The molecule has 2 heterocycles. The number of nitrogen functional groups attached to an aromatic ring is 1. The van der Waals surface area contributed by atoms with E-state index in [9.17, 15) is 4.79 Å². The minimum atomic E-state index is -0.235. The van der Waals surface area contributed by atoms with E-state index < -0.39 is 0 Å². The van der Waals surface area contributed by atoms with Crippen molar-refractivity contribution in [1.82, 2.24) is 15.1 Å². The quantitative estimate of drug-likeness (QED) is 0.635. The standard InChI is InChI=1S/C12H10N4O2/c13-11-5-9(16-18-11)7-2-1-3-8(4-7)10-6-14-12(17)15-10/h1-6H,13H2,(H2,14,15,17). The van der Waals surface area contributed by atoms with Crippen LogP contribution in [0.15, 0.2) is 45.8 Å². The number of hydrogen-bond acceptors (Lipinski definition) is 4. The Hall–Kier alpha value is -2.76. The normalized spacial score (nSPS) is 10.7. The van der Waals surface area contributed by atoms with Crippen molar-refractivity contribution in [2.45, 2.75) is 0 Å². The summed E-state index contributed by atoms with van der Waals surface area (Å²) in [7, 11) is 0. The van der Waals surface area contributed by atoms with E-state index in [2.05, 4.69) is 15.1 Å². The lowest BCUT2D eigenvalue weighted by molar-refractivity contribution is 0.439. The number of hydrogen-bond donors (Lipinski definition) is 3. The van der Waals surface area contributed by atoms with Crippen molar-refractivity contribution in [2.75, 3.05) is 5.73 Å². The molecule has 0 saturated heterocycles. The minimum absolute atomic E-state index is 0.235. The topological polar surface area (TPSA) is 101 Å². The molecule has 6 heteroatoms. The summed E-state index contributed by atoms with van der Waals surface area (Å²) in [5, 5.41) is 3.85. The van der Waals surface area contributed by atoms with Crippen molar-refractivity contribution in [3.05, 3.63) is 47.0 Å². The third kappa shape index (κ3) is 1.80. The van der Waals surface area contributed by atoms with Gasteiger partial charge in [-0.3, -0.25) is 0 Å².